The van der Waals surface area contributed by atoms with Gasteiger partial charge in [0.1, 0.15) is 0 Å². The zero-order valence-corrected chi connectivity index (χ0v) is 9.47. The minimum Gasteiger partial charge on any atom is -0.310 e. The van der Waals surface area contributed by atoms with Crippen LogP contribution in [0.5, 0.6) is 0 Å². The van der Waals surface area contributed by atoms with E-state index in [1.165, 1.54) is 12.8 Å². The third kappa shape index (κ3) is 2.80. The molecular weight excluding hydrogens is 210 g/mol. The average Bonchev–Trinajstić information content (AvgIpc) is 2.99. The first-order valence-electron chi connectivity index (χ1n) is 5.19. The SMILES string of the molecule is CC(=O)c1ccc(CNC2CC2)c(Cl)c1. The number of nitrogens with one attached hydrogen (secondary N) is 1. The van der Waals surface area contributed by atoms with Crippen LogP contribution in [0, 0.1) is 0 Å². The van der Waals surface area contributed by atoms with Crippen molar-refractivity contribution in [3.05, 3.63) is 34.3 Å². The molecule has 0 amide bonds. The third-order valence-corrected chi connectivity index (χ3v) is 2.97. The minimum atomic E-state index is 0.0543. The molecule has 0 unspecified atom stereocenters. The summed E-state index contributed by atoms with van der Waals surface area (Å²) in [7, 11) is 0. The molecule has 1 aromatic rings. The van der Waals surface area contributed by atoms with E-state index < -0.39 is 0 Å². The van der Waals surface area contributed by atoms with Gasteiger partial charge in [-0.25, -0.2) is 0 Å². The molecule has 0 aromatic heterocycles. The second-order valence-electron chi connectivity index (χ2n) is 4.02. The lowest BCUT2D eigenvalue weighted by Gasteiger charge is -2.06. The molecule has 15 heavy (non-hydrogen) atoms. The van der Waals surface area contributed by atoms with Gasteiger partial charge >= 0.3 is 0 Å². The van der Waals surface area contributed by atoms with Gasteiger partial charge < -0.3 is 5.32 Å². The molecule has 0 aliphatic heterocycles. The Bertz CT molecular complexity index is 385. The molecule has 3 heteroatoms. The van der Waals surface area contributed by atoms with Crippen molar-refractivity contribution in [1.82, 2.24) is 5.32 Å². The summed E-state index contributed by atoms with van der Waals surface area (Å²) < 4.78 is 0. The first kappa shape index (κ1) is 10.7. The van der Waals surface area contributed by atoms with Crippen LogP contribution in [0.1, 0.15) is 35.7 Å². The maximum atomic E-state index is 11.1. The standard InChI is InChI=1S/C12H14ClNO/c1-8(15)9-2-3-10(12(13)6-9)7-14-11-4-5-11/h2-3,6,11,14H,4-5,7H2,1H3. The number of ketones is 1. The van der Waals surface area contributed by atoms with Gasteiger partial charge in [0.2, 0.25) is 0 Å². The Kier molecular flexibility index (Phi) is 3.08. The maximum Gasteiger partial charge on any atom is 0.159 e. The Morgan fingerprint density at radius 3 is 2.80 bits per heavy atom. The quantitative estimate of drug-likeness (QED) is 0.796. The molecule has 0 spiro atoms. The van der Waals surface area contributed by atoms with E-state index in [4.69, 9.17) is 11.6 Å². The predicted octanol–water partition coefficient (Wildman–Crippen LogP) is 2.79. The van der Waals surface area contributed by atoms with Crippen molar-refractivity contribution in [2.75, 3.05) is 0 Å². The van der Waals surface area contributed by atoms with Crippen LogP contribution in [0.2, 0.25) is 5.02 Å². The zero-order chi connectivity index (χ0) is 10.8. The molecule has 1 aliphatic carbocycles. The van der Waals surface area contributed by atoms with E-state index in [1.807, 2.05) is 12.1 Å². The van der Waals surface area contributed by atoms with Crippen molar-refractivity contribution >= 4 is 17.4 Å². The zero-order valence-electron chi connectivity index (χ0n) is 8.72. The van der Waals surface area contributed by atoms with E-state index in [0.717, 1.165) is 12.1 Å². The number of Topliss-reactive ketones (excluding diaryl/α,β-unsaturated/α-hetero) is 1. The lowest BCUT2D eigenvalue weighted by Crippen LogP contribution is -2.15. The van der Waals surface area contributed by atoms with Gasteiger partial charge in [-0.1, -0.05) is 23.7 Å². The Balaban J connectivity index is 2.07. The van der Waals surface area contributed by atoms with Gasteiger partial charge in [-0.2, -0.15) is 0 Å². The molecule has 2 nitrogen and oxygen atoms in total. The largest absolute Gasteiger partial charge is 0.310 e. The highest BCUT2D eigenvalue weighted by molar-refractivity contribution is 6.31. The molecule has 1 N–H and O–H groups in total. The van der Waals surface area contributed by atoms with Crippen molar-refractivity contribution in [3.63, 3.8) is 0 Å². The highest BCUT2D eigenvalue weighted by Crippen LogP contribution is 2.22. The number of hydrogen-bond acceptors (Lipinski definition) is 2. The van der Waals surface area contributed by atoms with E-state index in [-0.39, 0.29) is 5.78 Å². The van der Waals surface area contributed by atoms with E-state index in [2.05, 4.69) is 5.32 Å². The minimum absolute atomic E-state index is 0.0543. The average molecular weight is 224 g/mol. The lowest BCUT2D eigenvalue weighted by molar-refractivity contribution is 0.101. The molecule has 1 fully saturated rings. The van der Waals surface area contributed by atoms with Gasteiger partial charge in [0.25, 0.3) is 0 Å². The smallest absolute Gasteiger partial charge is 0.159 e. The van der Waals surface area contributed by atoms with Crippen LogP contribution in [0.15, 0.2) is 18.2 Å². The molecule has 0 bridgehead atoms. The summed E-state index contributed by atoms with van der Waals surface area (Å²) in [5.74, 6) is 0.0543. The van der Waals surface area contributed by atoms with Crippen LogP contribution < -0.4 is 5.32 Å². The molecular formula is C12H14ClNO. The second-order valence-corrected chi connectivity index (χ2v) is 4.42. The Hall–Kier alpha value is -0.860. The molecule has 1 saturated carbocycles. The fourth-order valence-electron chi connectivity index (χ4n) is 1.45. The van der Waals surface area contributed by atoms with Gasteiger partial charge in [0, 0.05) is 23.2 Å². The number of benzene rings is 1. The summed E-state index contributed by atoms with van der Waals surface area (Å²) >= 11 is 6.09. The normalized spacial score (nSPS) is 15.3. The van der Waals surface area contributed by atoms with Crippen molar-refractivity contribution in [1.29, 1.82) is 0 Å². The van der Waals surface area contributed by atoms with Gasteiger partial charge in [-0.05, 0) is 31.4 Å². The highest BCUT2D eigenvalue weighted by Gasteiger charge is 2.20. The van der Waals surface area contributed by atoms with Crippen molar-refractivity contribution in [2.45, 2.75) is 32.4 Å². The fraction of sp³-hybridized carbons (Fsp3) is 0.417. The first-order chi connectivity index (χ1) is 7.16. The summed E-state index contributed by atoms with van der Waals surface area (Å²) in [4.78, 5) is 11.1. The van der Waals surface area contributed by atoms with Crippen molar-refractivity contribution in [2.24, 2.45) is 0 Å². The number of hydrogen-bond donors (Lipinski definition) is 1. The van der Waals surface area contributed by atoms with Gasteiger partial charge in [-0.15, -0.1) is 0 Å². The first-order valence-corrected chi connectivity index (χ1v) is 5.57. The van der Waals surface area contributed by atoms with Crippen LogP contribution in [-0.4, -0.2) is 11.8 Å². The Morgan fingerprint density at radius 2 is 2.27 bits per heavy atom. The fourth-order valence-corrected chi connectivity index (χ4v) is 1.70. The van der Waals surface area contributed by atoms with E-state index >= 15 is 0 Å². The van der Waals surface area contributed by atoms with Gasteiger partial charge in [0.15, 0.2) is 5.78 Å². The molecule has 1 aromatic carbocycles. The van der Waals surface area contributed by atoms with E-state index in [9.17, 15) is 4.79 Å². The maximum absolute atomic E-state index is 11.1. The van der Waals surface area contributed by atoms with E-state index in [1.54, 1.807) is 13.0 Å². The summed E-state index contributed by atoms with van der Waals surface area (Å²) in [5.41, 5.74) is 1.74. The predicted molar refractivity (Wildman–Crippen MR) is 61.3 cm³/mol. The Morgan fingerprint density at radius 1 is 1.53 bits per heavy atom. The molecule has 0 radical (unpaired) electrons. The summed E-state index contributed by atoms with van der Waals surface area (Å²) in [6.45, 7) is 2.34. The lowest BCUT2D eigenvalue weighted by atomic mass is 10.1. The molecule has 0 atom stereocenters. The van der Waals surface area contributed by atoms with Gasteiger partial charge in [-0.3, -0.25) is 4.79 Å². The second kappa shape index (κ2) is 4.33. The summed E-state index contributed by atoms with van der Waals surface area (Å²) in [5, 5.41) is 4.07. The number of halogens is 1. The van der Waals surface area contributed by atoms with Crippen LogP contribution in [0.4, 0.5) is 0 Å². The Labute approximate surface area is 94.6 Å². The van der Waals surface area contributed by atoms with E-state index in [0.29, 0.717) is 16.6 Å². The number of carbonyl (C=O) groups is 1. The van der Waals surface area contributed by atoms with Crippen LogP contribution in [0.3, 0.4) is 0 Å². The van der Waals surface area contributed by atoms with Crippen molar-refractivity contribution in [3.8, 4) is 0 Å². The molecule has 1 aliphatic rings. The molecule has 80 valence electrons. The van der Waals surface area contributed by atoms with Crippen molar-refractivity contribution < 1.29 is 4.79 Å². The third-order valence-electron chi connectivity index (χ3n) is 2.62. The van der Waals surface area contributed by atoms with Gasteiger partial charge in [0.05, 0.1) is 0 Å². The van der Waals surface area contributed by atoms with Crippen LogP contribution in [-0.2, 0) is 6.54 Å². The molecule has 0 saturated heterocycles. The molecule has 0 heterocycles. The number of carbonyl (C=O) groups excluding carboxylic acids is 1. The summed E-state index contributed by atoms with van der Waals surface area (Å²) in [6.07, 6.45) is 2.53. The molecule has 2 rings (SSSR count). The number of rotatable bonds is 4. The van der Waals surface area contributed by atoms with Crippen LogP contribution >= 0.6 is 11.6 Å². The topological polar surface area (TPSA) is 29.1 Å². The monoisotopic (exact) mass is 223 g/mol. The van der Waals surface area contributed by atoms with Crippen LogP contribution in [0.25, 0.3) is 0 Å². The highest BCUT2D eigenvalue weighted by atomic mass is 35.5. The summed E-state index contributed by atoms with van der Waals surface area (Å²) in [6, 6.07) is 6.17.